The summed E-state index contributed by atoms with van der Waals surface area (Å²) in [6.07, 6.45) is 5.44. The van der Waals surface area contributed by atoms with Crippen molar-refractivity contribution in [2.75, 3.05) is 18.5 Å². The van der Waals surface area contributed by atoms with E-state index in [1.54, 1.807) is 29.3 Å². The predicted octanol–water partition coefficient (Wildman–Crippen LogP) is 0.702. The minimum atomic E-state index is -0.533. The monoisotopic (exact) mass is 383 g/mol. The number of aromatic nitrogens is 4. The number of amides is 1. The Hall–Kier alpha value is -3.11. The van der Waals surface area contributed by atoms with Crippen molar-refractivity contribution >= 4 is 17.2 Å². The van der Waals surface area contributed by atoms with Crippen LogP contribution in [0.15, 0.2) is 24.8 Å². The van der Waals surface area contributed by atoms with Crippen molar-refractivity contribution < 1.29 is 13.9 Å². The molecule has 0 bridgehead atoms. The van der Waals surface area contributed by atoms with Crippen LogP contribution in [0.25, 0.3) is 16.8 Å². The number of anilines is 1. The van der Waals surface area contributed by atoms with Crippen molar-refractivity contribution in [3.8, 4) is 11.3 Å². The van der Waals surface area contributed by atoms with Gasteiger partial charge in [-0.2, -0.15) is 5.10 Å². The maximum Gasteiger partial charge on any atom is 0.254 e. The Balaban J connectivity index is 1.66. The molecule has 3 aromatic heterocycles. The lowest BCUT2D eigenvalue weighted by molar-refractivity contribution is 0.0751. The number of hydrogen-bond donors (Lipinski definition) is 3. The molecule has 5 heterocycles. The van der Waals surface area contributed by atoms with E-state index in [-0.39, 0.29) is 35.9 Å². The minimum absolute atomic E-state index is 0.0843. The van der Waals surface area contributed by atoms with Crippen LogP contribution in [0.4, 0.5) is 10.2 Å². The van der Waals surface area contributed by atoms with Gasteiger partial charge in [0.05, 0.1) is 29.6 Å². The SMILES string of the molecule is N[C@H]1COCC[C@H]1Nc1nc(-c2cnn3cnccc23)c2c(c1F)CNC2=O. The summed E-state index contributed by atoms with van der Waals surface area (Å²) in [5.41, 5.74) is 8.38. The molecule has 2 aliphatic heterocycles. The van der Waals surface area contributed by atoms with Crippen LogP contribution in [0.5, 0.6) is 0 Å². The third-order valence-corrected chi connectivity index (χ3v) is 5.19. The smallest absolute Gasteiger partial charge is 0.254 e. The summed E-state index contributed by atoms with van der Waals surface area (Å²) in [5, 5.41) is 10.1. The van der Waals surface area contributed by atoms with E-state index < -0.39 is 5.82 Å². The lowest BCUT2D eigenvalue weighted by atomic mass is 10.0. The summed E-state index contributed by atoms with van der Waals surface area (Å²) in [6.45, 7) is 1.06. The molecule has 2 atom stereocenters. The summed E-state index contributed by atoms with van der Waals surface area (Å²) < 4.78 is 22.1. The Kier molecular flexibility index (Phi) is 3.95. The molecule has 3 aromatic rings. The van der Waals surface area contributed by atoms with Gasteiger partial charge in [0.2, 0.25) is 0 Å². The molecule has 9 nitrogen and oxygen atoms in total. The second-order valence-electron chi connectivity index (χ2n) is 6.91. The molecular formula is C18H18FN7O2. The summed E-state index contributed by atoms with van der Waals surface area (Å²) in [5.74, 6) is -0.797. The fourth-order valence-corrected chi connectivity index (χ4v) is 3.71. The maximum absolute atomic E-state index is 15.1. The first-order valence-electron chi connectivity index (χ1n) is 9.01. The fourth-order valence-electron chi connectivity index (χ4n) is 3.71. The standard InChI is InChI=1S/C18H18FN7O2/c19-15-10-5-22-18(27)14(10)16(9-6-23-26-8-21-3-1-13(9)26)25-17(15)24-12-2-4-28-7-11(12)20/h1,3,6,8,11-12H,2,4-5,7,20H2,(H,22,27)(H,24,25)/t11-,12+/m0/s1. The van der Waals surface area contributed by atoms with Gasteiger partial charge in [0.1, 0.15) is 6.33 Å². The Bertz CT molecular complexity index is 1080. The highest BCUT2D eigenvalue weighted by Crippen LogP contribution is 2.34. The molecule has 28 heavy (non-hydrogen) atoms. The molecule has 0 saturated carbocycles. The number of rotatable bonds is 3. The molecule has 0 aromatic carbocycles. The number of ether oxygens (including phenoxy) is 1. The molecule has 4 N–H and O–H groups in total. The van der Waals surface area contributed by atoms with Gasteiger partial charge in [0.25, 0.3) is 5.91 Å². The molecule has 0 spiro atoms. The molecule has 1 saturated heterocycles. The Morgan fingerprint density at radius 2 is 2.32 bits per heavy atom. The van der Waals surface area contributed by atoms with Gasteiger partial charge >= 0.3 is 0 Å². The number of pyridine rings is 1. The molecule has 1 fully saturated rings. The van der Waals surface area contributed by atoms with Gasteiger partial charge in [-0.05, 0) is 12.5 Å². The van der Waals surface area contributed by atoms with Crippen LogP contribution >= 0.6 is 0 Å². The number of nitrogens with two attached hydrogens (primary N) is 1. The summed E-state index contributed by atoms with van der Waals surface area (Å²) in [7, 11) is 0. The van der Waals surface area contributed by atoms with E-state index >= 15 is 4.39 Å². The lowest BCUT2D eigenvalue weighted by Crippen LogP contribution is -2.48. The number of nitrogens with zero attached hydrogens (tertiary/aromatic N) is 4. The maximum atomic E-state index is 15.1. The average molecular weight is 383 g/mol. The number of nitrogens with one attached hydrogen (secondary N) is 2. The van der Waals surface area contributed by atoms with Crippen LogP contribution < -0.4 is 16.4 Å². The van der Waals surface area contributed by atoms with Crippen molar-refractivity contribution in [1.82, 2.24) is 24.9 Å². The first-order valence-corrected chi connectivity index (χ1v) is 9.01. The number of carbonyl (C=O) groups is 1. The topological polar surface area (TPSA) is 119 Å². The molecular weight excluding hydrogens is 365 g/mol. The number of hydrogen-bond acceptors (Lipinski definition) is 7. The van der Waals surface area contributed by atoms with E-state index in [0.29, 0.717) is 36.5 Å². The molecule has 5 rings (SSSR count). The summed E-state index contributed by atoms with van der Waals surface area (Å²) >= 11 is 0. The second kappa shape index (κ2) is 6.50. The number of halogens is 1. The molecule has 0 aliphatic carbocycles. The molecule has 2 aliphatic rings. The zero-order valence-corrected chi connectivity index (χ0v) is 14.9. The largest absolute Gasteiger partial charge is 0.380 e. The fraction of sp³-hybridized carbons (Fsp3) is 0.333. The van der Waals surface area contributed by atoms with E-state index in [2.05, 4.69) is 25.7 Å². The molecule has 0 radical (unpaired) electrons. The quantitative estimate of drug-likeness (QED) is 0.609. The predicted molar refractivity (Wildman–Crippen MR) is 98.2 cm³/mol. The Morgan fingerprint density at radius 1 is 1.43 bits per heavy atom. The van der Waals surface area contributed by atoms with Crippen molar-refractivity contribution in [2.45, 2.75) is 25.0 Å². The first kappa shape index (κ1) is 17.0. The summed E-state index contributed by atoms with van der Waals surface area (Å²) in [4.78, 5) is 20.9. The molecule has 144 valence electrons. The van der Waals surface area contributed by atoms with Gasteiger partial charge in [-0.1, -0.05) is 0 Å². The highest BCUT2D eigenvalue weighted by atomic mass is 19.1. The average Bonchev–Trinajstić information content (AvgIpc) is 3.30. The van der Waals surface area contributed by atoms with Gasteiger partial charge in [-0.15, -0.1) is 0 Å². The third kappa shape index (κ3) is 2.60. The molecule has 10 heteroatoms. The lowest BCUT2D eigenvalue weighted by Gasteiger charge is -2.30. The van der Waals surface area contributed by atoms with Crippen LogP contribution in [0.3, 0.4) is 0 Å². The Morgan fingerprint density at radius 3 is 3.18 bits per heavy atom. The second-order valence-corrected chi connectivity index (χ2v) is 6.91. The van der Waals surface area contributed by atoms with Crippen molar-refractivity contribution in [2.24, 2.45) is 5.73 Å². The van der Waals surface area contributed by atoms with Crippen LogP contribution in [-0.2, 0) is 11.3 Å². The van der Waals surface area contributed by atoms with Gasteiger partial charge in [0, 0.05) is 42.6 Å². The van der Waals surface area contributed by atoms with Crippen LogP contribution in [0.2, 0.25) is 0 Å². The van der Waals surface area contributed by atoms with Crippen molar-refractivity contribution in [3.63, 3.8) is 0 Å². The third-order valence-electron chi connectivity index (χ3n) is 5.19. The van der Waals surface area contributed by atoms with E-state index in [4.69, 9.17) is 10.5 Å². The van der Waals surface area contributed by atoms with E-state index in [9.17, 15) is 4.79 Å². The highest BCUT2D eigenvalue weighted by Gasteiger charge is 2.32. The molecule has 1 amide bonds. The number of carbonyl (C=O) groups excluding carboxylic acids is 1. The van der Waals surface area contributed by atoms with Crippen LogP contribution in [0.1, 0.15) is 22.3 Å². The van der Waals surface area contributed by atoms with E-state index in [0.717, 1.165) is 5.52 Å². The van der Waals surface area contributed by atoms with Crippen molar-refractivity contribution in [3.05, 3.63) is 41.7 Å². The number of fused-ring (bicyclic) bond motifs is 2. The van der Waals surface area contributed by atoms with E-state index in [1.165, 1.54) is 0 Å². The Labute approximate surface area is 159 Å². The van der Waals surface area contributed by atoms with Gasteiger partial charge in [-0.3, -0.25) is 4.79 Å². The van der Waals surface area contributed by atoms with Crippen LogP contribution in [-0.4, -0.2) is 50.8 Å². The normalized spacial score (nSPS) is 21.6. The van der Waals surface area contributed by atoms with Gasteiger partial charge < -0.3 is 21.1 Å². The zero-order valence-electron chi connectivity index (χ0n) is 14.9. The summed E-state index contributed by atoms with van der Waals surface area (Å²) in [6, 6.07) is 1.34. The zero-order chi connectivity index (χ0) is 19.3. The minimum Gasteiger partial charge on any atom is -0.380 e. The van der Waals surface area contributed by atoms with Crippen molar-refractivity contribution in [1.29, 1.82) is 0 Å². The molecule has 0 unspecified atom stereocenters. The van der Waals surface area contributed by atoms with Gasteiger partial charge in [0.15, 0.2) is 11.6 Å². The highest BCUT2D eigenvalue weighted by molar-refractivity contribution is 6.05. The first-order chi connectivity index (χ1) is 13.6. The van der Waals surface area contributed by atoms with E-state index in [1.807, 2.05) is 0 Å². The van der Waals surface area contributed by atoms with Crippen LogP contribution in [0, 0.1) is 5.82 Å². The van der Waals surface area contributed by atoms with Gasteiger partial charge in [-0.25, -0.2) is 18.9 Å².